The molecule has 1 saturated carbocycles. The Balaban J connectivity index is 2.12. The number of fused-ring (bicyclic) bond motifs is 4. The number of benzene rings is 1. The first-order valence-corrected chi connectivity index (χ1v) is 7.03. The summed E-state index contributed by atoms with van der Waals surface area (Å²) in [6.07, 6.45) is 5.23. The van der Waals surface area contributed by atoms with Gasteiger partial charge in [0.2, 0.25) is 0 Å². The Morgan fingerprint density at radius 3 is 2.94 bits per heavy atom. The van der Waals surface area contributed by atoms with Crippen LogP contribution in [0.4, 0.5) is 0 Å². The number of rotatable bonds is 2. The van der Waals surface area contributed by atoms with Gasteiger partial charge in [0, 0.05) is 11.5 Å². The van der Waals surface area contributed by atoms with Gasteiger partial charge in [-0.15, -0.1) is 0 Å². The molecule has 0 amide bonds. The van der Waals surface area contributed by atoms with Gasteiger partial charge in [-0.3, -0.25) is 0 Å². The number of hydrogen-bond donors (Lipinski definition) is 1. The van der Waals surface area contributed by atoms with E-state index in [0.29, 0.717) is 6.04 Å². The molecule has 1 fully saturated rings. The molecule has 0 aliphatic heterocycles. The average Bonchev–Trinajstić information content (AvgIpc) is 2.38. The second-order valence-corrected chi connectivity index (χ2v) is 6.06. The van der Waals surface area contributed by atoms with E-state index in [2.05, 4.69) is 37.5 Å². The highest BCUT2D eigenvalue weighted by atomic mass is 16.5. The highest BCUT2D eigenvalue weighted by Crippen LogP contribution is 2.49. The van der Waals surface area contributed by atoms with Crippen LogP contribution in [-0.2, 0) is 11.8 Å². The topological polar surface area (TPSA) is 21.3 Å². The molecule has 2 bridgehead atoms. The Kier molecular flexibility index (Phi) is 2.86. The summed E-state index contributed by atoms with van der Waals surface area (Å²) in [5.41, 5.74) is 3.33. The quantitative estimate of drug-likeness (QED) is 0.865. The van der Waals surface area contributed by atoms with Crippen LogP contribution in [0.25, 0.3) is 0 Å². The number of nitrogens with one attached hydrogen (secondary N) is 1. The van der Waals surface area contributed by atoms with Gasteiger partial charge in [0.1, 0.15) is 5.75 Å². The lowest BCUT2D eigenvalue weighted by Gasteiger charge is -2.51. The zero-order valence-corrected chi connectivity index (χ0v) is 11.6. The van der Waals surface area contributed by atoms with Gasteiger partial charge in [0.25, 0.3) is 0 Å². The summed E-state index contributed by atoms with van der Waals surface area (Å²) in [6.45, 7) is 2.43. The number of hydrogen-bond acceptors (Lipinski definition) is 2. The molecule has 0 spiro atoms. The molecule has 0 saturated heterocycles. The van der Waals surface area contributed by atoms with Gasteiger partial charge in [0.05, 0.1) is 7.11 Å². The second kappa shape index (κ2) is 4.27. The molecule has 0 aromatic heterocycles. The van der Waals surface area contributed by atoms with E-state index in [0.717, 1.165) is 11.7 Å². The predicted octanol–water partition coefficient (Wildman–Crippen LogP) is 2.90. The fourth-order valence-corrected chi connectivity index (χ4v) is 4.32. The molecular formula is C16H23NO. The lowest BCUT2D eigenvalue weighted by atomic mass is 9.57. The van der Waals surface area contributed by atoms with Crippen LogP contribution in [0.1, 0.15) is 37.3 Å². The third-order valence-electron chi connectivity index (χ3n) is 5.15. The molecule has 3 unspecified atom stereocenters. The van der Waals surface area contributed by atoms with E-state index in [-0.39, 0.29) is 5.41 Å². The first-order chi connectivity index (χ1) is 8.69. The molecule has 0 heterocycles. The summed E-state index contributed by atoms with van der Waals surface area (Å²) in [6, 6.07) is 7.26. The van der Waals surface area contributed by atoms with Crippen LogP contribution in [0.2, 0.25) is 0 Å². The van der Waals surface area contributed by atoms with Gasteiger partial charge < -0.3 is 10.1 Å². The minimum atomic E-state index is 0.278. The van der Waals surface area contributed by atoms with Crippen LogP contribution in [0, 0.1) is 5.92 Å². The SMILES string of the molecule is CNC1C2CCCC1(C)c1cc(OC)ccc1C2. The van der Waals surface area contributed by atoms with Gasteiger partial charge >= 0.3 is 0 Å². The van der Waals surface area contributed by atoms with Gasteiger partial charge in [-0.05, 0) is 55.5 Å². The summed E-state index contributed by atoms with van der Waals surface area (Å²) in [5, 5.41) is 3.58. The molecule has 3 atom stereocenters. The van der Waals surface area contributed by atoms with Crippen molar-refractivity contribution in [2.75, 3.05) is 14.2 Å². The Bertz CT molecular complexity index is 456. The first-order valence-electron chi connectivity index (χ1n) is 7.03. The molecule has 1 aromatic carbocycles. The molecule has 0 radical (unpaired) electrons. The van der Waals surface area contributed by atoms with Crippen molar-refractivity contribution in [1.29, 1.82) is 0 Å². The van der Waals surface area contributed by atoms with Crippen molar-refractivity contribution in [3.63, 3.8) is 0 Å². The summed E-state index contributed by atoms with van der Waals surface area (Å²) in [7, 11) is 3.87. The molecular weight excluding hydrogens is 222 g/mol. The average molecular weight is 245 g/mol. The monoisotopic (exact) mass is 245 g/mol. The van der Waals surface area contributed by atoms with E-state index >= 15 is 0 Å². The molecule has 18 heavy (non-hydrogen) atoms. The maximum atomic E-state index is 5.41. The van der Waals surface area contributed by atoms with Crippen LogP contribution < -0.4 is 10.1 Å². The van der Waals surface area contributed by atoms with Crippen molar-refractivity contribution < 1.29 is 4.74 Å². The van der Waals surface area contributed by atoms with Crippen molar-refractivity contribution in [3.8, 4) is 5.75 Å². The lowest BCUT2D eigenvalue weighted by molar-refractivity contribution is 0.147. The van der Waals surface area contributed by atoms with Crippen LogP contribution in [0.15, 0.2) is 18.2 Å². The third kappa shape index (κ3) is 1.58. The Morgan fingerprint density at radius 1 is 1.39 bits per heavy atom. The number of likely N-dealkylation sites (N-methyl/N-ethyl adjacent to an activating group) is 1. The number of ether oxygens (including phenoxy) is 1. The Hall–Kier alpha value is -1.02. The van der Waals surface area contributed by atoms with Crippen molar-refractivity contribution in [2.24, 2.45) is 5.92 Å². The molecule has 2 heteroatoms. The van der Waals surface area contributed by atoms with E-state index in [9.17, 15) is 0 Å². The fraction of sp³-hybridized carbons (Fsp3) is 0.625. The van der Waals surface area contributed by atoms with Crippen LogP contribution in [-0.4, -0.2) is 20.2 Å². The molecule has 2 nitrogen and oxygen atoms in total. The molecule has 3 rings (SSSR count). The van der Waals surface area contributed by atoms with E-state index in [1.807, 2.05) is 0 Å². The van der Waals surface area contributed by atoms with Crippen molar-refractivity contribution in [3.05, 3.63) is 29.3 Å². The maximum absolute atomic E-state index is 5.41. The van der Waals surface area contributed by atoms with Crippen LogP contribution >= 0.6 is 0 Å². The predicted molar refractivity (Wildman–Crippen MR) is 74.2 cm³/mol. The minimum Gasteiger partial charge on any atom is -0.497 e. The summed E-state index contributed by atoms with van der Waals surface area (Å²) >= 11 is 0. The third-order valence-corrected chi connectivity index (χ3v) is 5.15. The molecule has 2 aliphatic rings. The van der Waals surface area contributed by atoms with E-state index in [1.54, 1.807) is 7.11 Å². The standard InChI is InChI=1S/C16H23NO/c1-16-8-4-5-12(15(16)17-2)9-11-6-7-13(18-3)10-14(11)16/h6-7,10,12,15,17H,4-5,8-9H2,1-3H3. The van der Waals surface area contributed by atoms with Gasteiger partial charge in [-0.25, -0.2) is 0 Å². The largest absolute Gasteiger partial charge is 0.497 e. The molecule has 1 N–H and O–H groups in total. The molecule has 2 aliphatic carbocycles. The summed E-state index contributed by atoms with van der Waals surface area (Å²) in [5.74, 6) is 1.79. The smallest absolute Gasteiger partial charge is 0.119 e. The van der Waals surface area contributed by atoms with Crippen LogP contribution in [0.5, 0.6) is 5.75 Å². The lowest BCUT2D eigenvalue weighted by Crippen LogP contribution is -2.55. The van der Waals surface area contributed by atoms with Gasteiger partial charge in [0.15, 0.2) is 0 Å². The second-order valence-electron chi connectivity index (χ2n) is 6.06. The van der Waals surface area contributed by atoms with Crippen molar-refractivity contribution >= 4 is 0 Å². The van der Waals surface area contributed by atoms with Gasteiger partial charge in [-0.2, -0.15) is 0 Å². The minimum absolute atomic E-state index is 0.278. The normalized spacial score (nSPS) is 33.9. The Morgan fingerprint density at radius 2 is 2.22 bits per heavy atom. The zero-order valence-electron chi connectivity index (χ0n) is 11.6. The zero-order chi connectivity index (χ0) is 12.8. The highest BCUT2D eigenvalue weighted by Gasteiger charge is 2.47. The fourth-order valence-electron chi connectivity index (χ4n) is 4.32. The van der Waals surface area contributed by atoms with Gasteiger partial charge in [-0.1, -0.05) is 19.4 Å². The van der Waals surface area contributed by atoms with Crippen molar-refractivity contribution in [2.45, 2.75) is 44.1 Å². The van der Waals surface area contributed by atoms with E-state index < -0.39 is 0 Å². The maximum Gasteiger partial charge on any atom is 0.119 e. The Labute approximate surface area is 110 Å². The first kappa shape index (κ1) is 12.0. The van der Waals surface area contributed by atoms with Crippen LogP contribution in [0.3, 0.4) is 0 Å². The highest BCUT2D eigenvalue weighted by molar-refractivity contribution is 5.44. The molecule has 98 valence electrons. The summed E-state index contributed by atoms with van der Waals surface area (Å²) in [4.78, 5) is 0. The molecule has 1 aromatic rings. The van der Waals surface area contributed by atoms with E-state index in [4.69, 9.17) is 4.74 Å². The summed E-state index contributed by atoms with van der Waals surface area (Å²) < 4.78 is 5.41. The van der Waals surface area contributed by atoms with Crippen molar-refractivity contribution in [1.82, 2.24) is 5.32 Å². The van der Waals surface area contributed by atoms with E-state index in [1.165, 1.54) is 36.8 Å². The number of methoxy groups -OCH3 is 1.